The average Bonchev–Trinajstić information content (AvgIpc) is 3.03. The highest BCUT2D eigenvalue weighted by Crippen LogP contribution is 2.34. The Morgan fingerprint density at radius 1 is 1.33 bits per heavy atom. The fourth-order valence-corrected chi connectivity index (χ4v) is 3.33. The molecule has 0 unspecified atom stereocenters. The highest BCUT2D eigenvalue weighted by molar-refractivity contribution is 5.96. The van der Waals surface area contributed by atoms with Crippen LogP contribution >= 0.6 is 0 Å². The Balaban J connectivity index is 2.13. The van der Waals surface area contributed by atoms with Crippen LogP contribution in [0.2, 0.25) is 0 Å². The molecule has 0 bridgehead atoms. The first-order chi connectivity index (χ1) is 13.0. The Bertz CT molecular complexity index is 938. The van der Waals surface area contributed by atoms with Gasteiger partial charge in [0, 0.05) is 25.4 Å². The van der Waals surface area contributed by atoms with Gasteiger partial charge in [-0.25, -0.2) is 4.79 Å². The van der Waals surface area contributed by atoms with Crippen LogP contribution in [0.4, 0.5) is 17.1 Å². The summed E-state index contributed by atoms with van der Waals surface area (Å²) in [6, 6.07) is 6.63. The zero-order chi connectivity index (χ0) is 19.6. The first-order valence-corrected chi connectivity index (χ1v) is 8.51. The number of carbonyl (C=O) groups is 1. The molecule has 2 heterocycles. The zero-order valence-corrected chi connectivity index (χ0v) is 14.8. The summed E-state index contributed by atoms with van der Waals surface area (Å²) in [5.41, 5.74) is 6.77. The fourth-order valence-electron chi connectivity index (χ4n) is 3.33. The number of ether oxygens (including phenoxy) is 1. The van der Waals surface area contributed by atoms with Crippen molar-refractivity contribution < 1.29 is 14.5 Å². The molecular weight excluding hydrogens is 350 g/mol. The maximum atomic E-state index is 12.1. The second-order valence-corrected chi connectivity index (χ2v) is 6.26. The minimum absolute atomic E-state index is 0.0212. The van der Waals surface area contributed by atoms with Crippen LogP contribution in [0, 0.1) is 21.4 Å². The van der Waals surface area contributed by atoms with E-state index >= 15 is 0 Å². The van der Waals surface area contributed by atoms with Crippen LogP contribution in [0.3, 0.4) is 0 Å². The number of nitriles is 1. The lowest BCUT2D eigenvalue weighted by molar-refractivity contribution is -0.384. The van der Waals surface area contributed by atoms with Gasteiger partial charge in [-0.15, -0.1) is 0 Å². The fraction of sp³-hybridized carbons (Fsp3) is 0.333. The van der Waals surface area contributed by atoms with Gasteiger partial charge >= 0.3 is 5.97 Å². The standard InChI is InChI=1S/C18H19N5O4/c1-27-18(24)17-16(20)12(10-19)11-22(17)13-5-6-14(15(9-13)23(25)26)21-7-3-2-4-8-21/h5-6,9,11H,2-4,7-8,20H2,1H3. The van der Waals surface area contributed by atoms with Crippen molar-refractivity contribution in [1.29, 1.82) is 5.26 Å². The monoisotopic (exact) mass is 369 g/mol. The van der Waals surface area contributed by atoms with Crippen LogP contribution in [0.1, 0.15) is 35.3 Å². The molecule has 1 aliphatic heterocycles. The lowest BCUT2D eigenvalue weighted by Crippen LogP contribution is -2.30. The normalized spacial score (nSPS) is 13.9. The van der Waals surface area contributed by atoms with E-state index in [1.807, 2.05) is 11.0 Å². The molecule has 0 saturated carbocycles. The van der Waals surface area contributed by atoms with Crippen LogP contribution in [0.15, 0.2) is 24.4 Å². The molecule has 3 rings (SSSR count). The van der Waals surface area contributed by atoms with E-state index in [9.17, 15) is 20.2 Å². The molecule has 0 spiro atoms. The van der Waals surface area contributed by atoms with Crippen molar-refractivity contribution in [3.8, 4) is 11.8 Å². The number of benzene rings is 1. The second-order valence-electron chi connectivity index (χ2n) is 6.26. The van der Waals surface area contributed by atoms with Crippen molar-refractivity contribution in [2.45, 2.75) is 19.3 Å². The molecule has 27 heavy (non-hydrogen) atoms. The Kier molecular flexibility index (Phi) is 4.98. The predicted octanol–water partition coefficient (Wildman–Crippen LogP) is 2.62. The number of rotatable bonds is 4. The summed E-state index contributed by atoms with van der Waals surface area (Å²) in [5.74, 6) is -0.725. The number of methoxy groups -OCH3 is 1. The minimum Gasteiger partial charge on any atom is -0.464 e. The molecule has 0 aliphatic carbocycles. The smallest absolute Gasteiger partial charge is 0.357 e. The van der Waals surface area contributed by atoms with Crippen molar-refractivity contribution >= 4 is 23.0 Å². The lowest BCUT2D eigenvalue weighted by Gasteiger charge is -2.28. The molecule has 2 aromatic rings. The number of carbonyl (C=O) groups excluding carboxylic acids is 1. The number of hydrogen-bond donors (Lipinski definition) is 1. The molecule has 0 radical (unpaired) electrons. The molecule has 1 saturated heterocycles. The van der Waals surface area contributed by atoms with E-state index in [2.05, 4.69) is 0 Å². The number of anilines is 2. The Morgan fingerprint density at radius 3 is 2.63 bits per heavy atom. The topological polar surface area (TPSA) is 127 Å². The van der Waals surface area contributed by atoms with E-state index in [1.54, 1.807) is 12.1 Å². The van der Waals surface area contributed by atoms with Gasteiger partial charge in [-0.1, -0.05) is 0 Å². The molecule has 2 N–H and O–H groups in total. The van der Waals surface area contributed by atoms with Gasteiger partial charge in [0.2, 0.25) is 0 Å². The lowest BCUT2D eigenvalue weighted by atomic mass is 10.1. The molecule has 9 heteroatoms. The van der Waals surface area contributed by atoms with Crippen molar-refractivity contribution in [3.05, 3.63) is 45.8 Å². The number of nitro benzene ring substituents is 1. The van der Waals surface area contributed by atoms with E-state index < -0.39 is 10.9 Å². The van der Waals surface area contributed by atoms with Crippen LogP contribution in [-0.2, 0) is 4.74 Å². The van der Waals surface area contributed by atoms with E-state index in [4.69, 9.17) is 10.5 Å². The Hall–Kier alpha value is -3.54. The van der Waals surface area contributed by atoms with E-state index in [0.29, 0.717) is 11.4 Å². The number of nitro groups is 1. The predicted molar refractivity (Wildman–Crippen MR) is 99.0 cm³/mol. The molecule has 1 aromatic heterocycles. The van der Waals surface area contributed by atoms with Gasteiger partial charge in [0.05, 0.1) is 29.0 Å². The maximum Gasteiger partial charge on any atom is 0.357 e. The molecule has 0 amide bonds. The number of aromatic nitrogens is 1. The van der Waals surface area contributed by atoms with Gasteiger partial charge in [0.15, 0.2) is 5.69 Å². The third kappa shape index (κ3) is 3.29. The number of hydrogen-bond acceptors (Lipinski definition) is 7. The molecule has 1 fully saturated rings. The van der Waals surface area contributed by atoms with Crippen molar-refractivity contribution in [2.24, 2.45) is 0 Å². The van der Waals surface area contributed by atoms with Gasteiger partial charge in [0.25, 0.3) is 5.69 Å². The van der Waals surface area contributed by atoms with Crippen molar-refractivity contribution in [1.82, 2.24) is 4.57 Å². The molecule has 9 nitrogen and oxygen atoms in total. The third-order valence-electron chi connectivity index (χ3n) is 4.67. The number of piperidine rings is 1. The molecule has 140 valence electrons. The van der Waals surface area contributed by atoms with Crippen molar-refractivity contribution in [2.75, 3.05) is 30.8 Å². The van der Waals surface area contributed by atoms with Gasteiger partial charge in [-0.2, -0.15) is 5.26 Å². The van der Waals surface area contributed by atoms with Gasteiger partial charge < -0.3 is 19.9 Å². The van der Waals surface area contributed by atoms with Crippen LogP contribution in [0.25, 0.3) is 5.69 Å². The number of nitrogens with two attached hydrogens (primary N) is 1. The highest BCUT2D eigenvalue weighted by atomic mass is 16.6. The molecule has 1 aromatic carbocycles. The molecule has 1 aliphatic rings. The number of nitrogen functional groups attached to an aromatic ring is 1. The van der Waals surface area contributed by atoms with Crippen LogP contribution in [-0.4, -0.2) is 35.7 Å². The largest absolute Gasteiger partial charge is 0.464 e. The van der Waals surface area contributed by atoms with Gasteiger partial charge in [-0.3, -0.25) is 10.1 Å². The van der Waals surface area contributed by atoms with Crippen molar-refractivity contribution in [3.63, 3.8) is 0 Å². The summed E-state index contributed by atoms with van der Waals surface area (Å²) in [5, 5.41) is 20.9. The van der Waals surface area contributed by atoms with E-state index in [1.165, 1.54) is 23.9 Å². The number of esters is 1. The second kappa shape index (κ2) is 7.37. The van der Waals surface area contributed by atoms with E-state index in [0.717, 1.165) is 32.4 Å². The summed E-state index contributed by atoms with van der Waals surface area (Å²) < 4.78 is 6.10. The average molecular weight is 369 g/mol. The van der Waals surface area contributed by atoms with Gasteiger partial charge in [0.1, 0.15) is 11.8 Å². The summed E-state index contributed by atoms with van der Waals surface area (Å²) in [7, 11) is 1.20. The first-order valence-electron chi connectivity index (χ1n) is 8.51. The van der Waals surface area contributed by atoms with Crippen LogP contribution < -0.4 is 10.6 Å². The highest BCUT2D eigenvalue weighted by Gasteiger charge is 2.25. The third-order valence-corrected chi connectivity index (χ3v) is 4.67. The summed E-state index contributed by atoms with van der Waals surface area (Å²) in [4.78, 5) is 25.3. The number of nitrogens with zero attached hydrogens (tertiary/aromatic N) is 4. The molecule has 0 atom stereocenters. The Labute approximate surface area is 155 Å². The van der Waals surface area contributed by atoms with E-state index in [-0.39, 0.29) is 22.6 Å². The maximum absolute atomic E-state index is 12.1. The molecular formula is C18H19N5O4. The summed E-state index contributed by atoms with van der Waals surface area (Å²) in [6.07, 6.45) is 4.47. The Morgan fingerprint density at radius 2 is 2.04 bits per heavy atom. The zero-order valence-electron chi connectivity index (χ0n) is 14.8. The first kappa shape index (κ1) is 18.3. The summed E-state index contributed by atoms with van der Waals surface area (Å²) >= 11 is 0. The SMILES string of the molecule is COC(=O)c1c(N)c(C#N)cn1-c1ccc(N2CCCCC2)c([N+](=O)[O-])c1. The summed E-state index contributed by atoms with van der Waals surface area (Å²) in [6.45, 7) is 1.53. The quantitative estimate of drug-likeness (QED) is 0.498. The van der Waals surface area contributed by atoms with Crippen LogP contribution in [0.5, 0.6) is 0 Å². The van der Waals surface area contributed by atoms with Gasteiger partial charge in [-0.05, 0) is 31.4 Å². The minimum atomic E-state index is -0.725.